The molecule has 490 valence electrons. The van der Waals surface area contributed by atoms with Crippen molar-refractivity contribution in [2.24, 2.45) is 0 Å². The molecule has 3 N–H and O–H groups in total. The largest absolute Gasteiger partial charge is 0.466 e. The van der Waals surface area contributed by atoms with E-state index in [1.165, 1.54) is 347 Å². The van der Waals surface area contributed by atoms with Crippen LogP contribution in [0.2, 0.25) is 0 Å². The number of hydrogen-bond donors (Lipinski definition) is 3. The Balaban J connectivity index is 3.35. The molecule has 2 unspecified atom stereocenters. The standard InChI is InChI=1S/C77H147NO5/c1-3-5-7-9-11-13-15-16-17-18-40-43-46-50-53-57-61-65-69-75(80)74(73-79)78-76(81)70-66-62-58-54-51-47-44-41-38-36-34-32-30-28-26-24-22-20-19-21-23-25-27-29-31-33-35-37-39-42-45-48-52-56-60-64-68-72-83-77(82)71-67-63-59-55-49-14-12-10-8-6-4-2/h10,12,19,21,65,69,74-75,79-80H,3-9,11,13-18,20,22-64,66-68,70-73H2,1-2H3,(H,78,81)/b12-10-,21-19-,69-65+. The predicted octanol–water partition coefficient (Wildman–Crippen LogP) is 24.7. The highest BCUT2D eigenvalue weighted by Crippen LogP contribution is 2.19. The molecule has 0 radical (unpaired) electrons. The van der Waals surface area contributed by atoms with Crippen molar-refractivity contribution in [2.45, 2.75) is 431 Å². The first-order valence-electron chi connectivity index (χ1n) is 37.8. The van der Waals surface area contributed by atoms with E-state index in [-0.39, 0.29) is 18.5 Å². The van der Waals surface area contributed by atoms with Gasteiger partial charge in [0.25, 0.3) is 0 Å². The highest BCUT2D eigenvalue weighted by molar-refractivity contribution is 5.76. The summed E-state index contributed by atoms with van der Waals surface area (Å²) in [5, 5.41) is 23.2. The number of hydrogen-bond acceptors (Lipinski definition) is 5. The van der Waals surface area contributed by atoms with Gasteiger partial charge in [-0.15, -0.1) is 0 Å². The molecule has 0 aromatic rings. The highest BCUT2D eigenvalue weighted by atomic mass is 16.5. The lowest BCUT2D eigenvalue weighted by Crippen LogP contribution is -2.45. The summed E-state index contributed by atoms with van der Waals surface area (Å²) in [5.41, 5.74) is 0. The third-order valence-corrected chi connectivity index (χ3v) is 17.6. The Bertz CT molecular complexity index is 1340. The predicted molar refractivity (Wildman–Crippen MR) is 366 cm³/mol. The van der Waals surface area contributed by atoms with Gasteiger partial charge < -0.3 is 20.3 Å². The Labute approximate surface area is 519 Å². The van der Waals surface area contributed by atoms with Crippen molar-refractivity contribution in [1.29, 1.82) is 0 Å². The molecule has 6 nitrogen and oxygen atoms in total. The van der Waals surface area contributed by atoms with Crippen LogP contribution < -0.4 is 5.32 Å². The molecule has 0 fully saturated rings. The molecule has 1 amide bonds. The smallest absolute Gasteiger partial charge is 0.305 e. The Kier molecular flexibility index (Phi) is 70.9. The van der Waals surface area contributed by atoms with Gasteiger partial charge in [0.2, 0.25) is 5.91 Å². The fourth-order valence-corrected chi connectivity index (χ4v) is 11.8. The summed E-state index contributed by atoms with van der Waals surface area (Å²) in [4.78, 5) is 24.5. The molecular weight excluding hydrogens is 1020 g/mol. The molecule has 0 aliphatic rings. The zero-order valence-electron chi connectivity index (χ0n) is 56.2. The fourth-order valence-electron chi connectivity index (χ4n) is 11.8. The second-order valence-corrected chi connectivity index (χ2v) is 26.0. The van der Waals surface area contributed by atoms with Crippen LogP contribution in [0.4, 0.5) is 0 Å². The lowest BCUT2D eigenvalue weighted by Gasteiger charge is -2.20. The number of ether oxygens (including phenoxy) is 1. The van der Waals surface area contributed by atoms with Gasteiger partial charge in [0.15, 0.2) is 0 Å². The van der Waals surface area contributed by atoms with E-state index >= 15 is 0 Å². The number of allylic oxidation sites excluding steroid dienone is 5. The fraction of sp³-hybridized carbons (Fsp3) is 0.896. The number of rotatable bonds is 71. The topological polar surface area (TPSA) is 95.9 Å². The number of nitrogens with one attached hydrogen (secondary N) is 1. The Morgan fingerprint density at radius 3 is 0.892 bits per heavy atom. The Morgan fingerprint density at radius 1 is 0.325 bits per heavy atom. The van der Waals surface area contributed by atoms with Gasteiger partial charge in [0.1, 0.15) is 0 Å². The summed E-state index contributed by atoms with van der Waals surface area (Å²) in [7, 11) is 0. The zero-order valence-corrected chi connectivity index (χ0v) is 56.2. The first-order valence-corrected chi connectivity index (χ1v) is 37.8. The van der Waals surface area contributed by atoms with Crippen LogP contribution in [0.25, 0.3) is 0 Å². The van der Waals surface area contributed by atoms with Crippen LogP contribution in [0.15, 0.2) is 36.5 Å². The summed E-state index contributed by atoms with van der Waals surface area (Å²) in [6.07, 6.45) is 94.0. The van der Waals surface area contributed by atoms with Crippen molar-refractivity contribution in [2.75, 3.05) is 13.2 Å². The maximum absolute atomic E-state index is 12.5. The van der Waals surface area contributed by atoms with E-state index in [9.17, 15) is 19.8 Å². The Hall–Kier alpha value is -1.92. The van der Waals surface area contributed by atoms with Crippen LogP contribution in [0.1, 0.15) is 418 Å². The molecular formula is C77H147NO5. The van der Waals surface area contributed by atoms with Gasteiger partial charge in [0, 0.05) is 12.8 Å². The van der Waals surface area contributed by atoms with Gasteiger partial charge in [0.05, 0.1) is 25.4 Å². The minimum Gasteiger partial charge on any atom is -0.466 e. The lowest BCUT2D eigenvalue weighted by molar-refractivity contribution is -0.143. The Morgan fingerprint density at radius 2 is 0.578 bits per heavy atom. The third kappa shape index (κ3) is 69.1. The van der Waals surface area contributed by atoms with Crippen LogP contribution in [-0.4, -0.2) is 47.4 Å². The second kappa shape index (κ2) is 72.6. The number of aliphatic hydroxyl groups is 2. The molecule has 0 aromatic heterocycles. The van der Waals surface area contributed by atoms with Crippen molar-refractivity contribution < 1.29 is 24.5 Å². The van der Waals surface area contributed by atoms with E-state index in [0.29, 0.717) is 19.4 Å². The number of aliphatic hydroxyl groups excluding tert-OH is 2. The SMILES string of the molecule is CCCC/C=C\CCCCCCCC(=O)OCCCCCCCCCCCCCCCCCC/C=C\CCCCCCCCCCCCCCCCCCCC(=O)NC(CO)C(O)/C=C/CCCCCCCCCCCCCCCCCC. The second-order valence-electron chi connectivity index (χ2n) is 26.0. The van der Waals surface area contributed by atoms with E-state index in [1.54, 1.807) is 6.08 Å². The van der Waals surface area contributed by atoms with Gasteiger partial charge >= 0.3 is 5.97 Å². The van der Waals surface area contributed by atoms with Gasteiger partial charge in [-0.2, -0.15) is 0 Å². The third-order valence-electron chi connectivity index (χ3n) is 17.6. The molecule has 0 aliphatic carbocycles. The molecule has 6 heteroatoms. The molecule has 83 heavy (non-hydrogen) atoms. The van der Waals surface area contributed by atoms with Crippen molar-refractivity contribution in [1.82, 2.24) is 5.32 Å². The van der Waals surface area contributed by atoms with Crippen LogP contribution in [0.5, 0.6) is 0 Å². The molecule has 0 spiro atoms. The number of unbranched alkanes of at least 4 members (excludes halogenated alkanes) is 56. The van der Waals surface area contributed by atoms with Crippen LogP contribution in [0.3, 0.4) is 0 Å². The summed E-state index contributed by atoms with van der Waals surface area (Å²) in [5.74, 6) is -0.0500. The van der Waals surface area contributed by atoms with E-state index in [1.807, 2.05) is 6.08 Å². The summed E-state index contributed by atoms with van der Waals surface area (Å²) in [6.45, 7) is 4.90. The summed E-state index contributed by atoms with van der Waals surface area (Å²) >= 11 is 0. The molecule has 0 aromatic carbocycles. The molecule has 2 atom stereocenters. The minimum absolute atomic E-state index is 0.0104. The molecule has 0 saturated heterocycles. The maximum Gasteiger partial charge on any atom is 0.305 e. The van der Waals surface area contributed by atoms with Crippen LogP contribution in [-0.2, 0) is 14.3 Å². The monoisotopic (exact) mass is 1170 g/mol. The molecule has 0 bridgehead atoms. The van der Waals surface area contributed by atoms with Crippen LogP contribution in [0, 0.1) is 0 Å². The first kappa shape index (κ1) is 81.1. The van der Waals surface area contributed by atoms with Crippen molar-refractivity contribution >= 4 is 11.9 Å². The number of esters is 1. The average molecular weight is 1170 g/mol. The van der Waals surface area contributed by atoms with Crippen molar-refractivity contribution in [3.8, 4) is 0 Å². The first-order chi connectivity index (χ1) is 41.0. The van der Waals surface area contributed by atoms with Gasteiger partial charge in [-0.05, 0) is 77.0 Å². The van der Waals surface area contributed by atoms with E-state index in [4.69, 9.17) is 4.74 Å². The van der Waals surface area contributed by atoms with Gasteiger partial charge in [-0.25, -0.2) is 0 Å². The van der Waals surface area contributed by atoms with E-state index in [2.05, 4.69) is 43.5 Å². The molecule has 0 rings (SSSR count). The lowest BCUT2D eigenvalue weighted by atomic mass is 10.0. The molecule has 0 saturated carbocycles. The number of amides is 1. The molecule has 0 heterocycles. The minimum atomic E-state index is -0.842. The van der Waals surface area contributed by atoms with E-state index in [0.717, 1.165) is 44.9 Å². The van der Waals surface area contributed by atoms with Crippen molar-refractivity contribution in [3.63, 3.8) is 0 Å². The number of carbonyl (C=O) groups excluding carboxylic acids is 2. The normalized spacial score (nSPS) is 12.7. The van der Waals surface area contributed by atoms with Gasteiger partial charge in [-0.1, -0.05) is 365 Å². The highest BCUT2D eigenvalue weighted by Gasteiger charge is 2.18. The quantitative estimate of drug-likeness (QED) is 0.0320. The van der Waals surface area contributed by atoms with Gasteiger partial charge in [-0.3, -0.25) is 9.59 Å². The molecule has 0 aliphatic heterocycles. The maximum atomic E-state index is 12.5. The summed E-state index contributed by atoms with van der Waals surface area (Å²) in [6, 6.07) is -0.625. The summed E-state index contributed by atoms with van der Waals surface area (Å²) < 4.78 is 5.47. The number of carbonyl (C=O) groups is 2. The average Bonchev–Trinajstić information content (AvgIpc) is 3.49. The van der Waals surface area contributed by atoms with Crippen molar-refractivity contribution in [3.05, 3.63) is 36.5 Å². The van der Waals surface area contributed by atoms with E-state index < -0.39 is 12.1 Å². The zero-order chi connectivity index (χ0) is 59.9. The van der Waals surface area contributed by atoms with Crippen LogP contribution >= 0.6 is 0 Å².